The molecule has 0 fully saturated rings. The van der Waals surface area contributed by atoms with Crippen molar-refractivity contribution in [1.82, 2.24) is 0 Å². The number of carbonyl (C=O) groups excluding carboxylic acids is 2. The van der Waals surface area contributed by atoms with Gasteiger partial charge in [-0.25, -0.2) is 9.59 Å². The number of rotatable bonds is 28. The Labute approximate surface area is 328 Å². The van der Waals surface area contributed by atoms with Crippen molar-refractivity contribution in [3.8, 4) is 0 Å². The molecule has 4 rings (SSSR count). The number of unbranched alkanes of at least 4 members (excludes halogenated alkanes) is 22. The van der Waals surface area contributed by atoms with Crippen molar-refractivity contribution < 1.29 is 19.1 Å². The average molecular weight is 737 g/mol. The molecule has 4 nitrogen and oxygen atoms in total. The summed E-state index contributed by atoms with van der Waals surface area (Å²) < 4.78 is 11.8. The van der Waals surface area contributed by atoms with Gasteiger partial charge in [0, 0.05) is 0 Å². The highest BCUT2D eigenvalue weighted by Crippen LogP contribution is 2.39. The molecule has 0 aromatic heterocycles. The molecule has 0 saturated heterocycles. The lowest BCUT2D eigenvalue weighted by molar-refractivity contribution is 0.0491. The van der Waals surface area contributed by atoms with Gasteiger partial charge in [0.1, 0.15) is 0 Å². The van der Waals surface area contributed by atoms with Crippen molar-refractivity contribution in [3.05, 3.63) is 70.8 Å². The monoisotopic (exact) mass is 737 g/mol. The maximum atomic E-state index is 13.7. The van der Waals surface area contributed by atoms with E-state index in [4.69, 9.17) is 9.47 Å². The van der Waals surface area contributed by atoms with Gasteiger partial charge >= 0.3 is 11.9 Å². The number of aryl methyl sites for hydroxylation is 2. The number of fused-ring (bicyclic) bond motifs is 5. The van der Waals surface area contributed by atoms with Crippen LogP contribution in [0.15, 0.2) is 48.5 Å². The number of carbonyl (C=O) groups is 2. The summed E-state index contributed by atoms with van der Waals surface area (Å²) >= 11 is 0. The highest BCUT2D eigenvalue weighted by molar-refractivity contribution is 6.28. The molecule has 0 aliphatic carbocycles. The molecule has 4 aromatic rings. The van der Waals surface area contributed by atoms with Crippen LogP contribution in [0.1, 0.15) is 200 Å². The van der Waals surface area contributed by atoms with E-state index in [1.165, 1.54) is 128 Å². The van der Waals surface area contributed by atoms with Crippen molar-refractivity contribution in [3.63, 3.8) is 0 Å². The molecule has 0 amide bonds. The fourth-order valence-corrected chi connectivity index (χ4v) is 8.22. The van der Waals surface area contributed by atoms with Crippen molar-refractivity contribution in [1.29, 1.82) is 0 Å². The Morgan fingerprint density at radius 1 is 0.426 bits per heavy atom. The van der Waals surface area contributed by atoms with E-state index in [2.05, 4.69) is 39.8 Å². The molecular formula is C50H72O4. The minimum atomic E-state index is -0.295. The van der Waals surface area contributed by atoms with Gasteiger partial charge in [0.2, 0.25) is 0 Å². The SMILES string of the molecule is CCCCCCCCCCCCCCOC(=O)c1cc2cc(C(=O)OCCCCCCCCCCCCCC)c3cccc(C)c3c2c2c(C)cccc12. The number of ether oxygens (including phenoxy) is 2. The van der Waals surface area contributed by atoms with Crippen LogP contribution in [0.25, 0.3) is 32.3 Å². The maximum Gasteiger partial charge on any atom is 0.338 e. The van der Waals surface area contributed by atoms with E-state index in [0.717, 1.165) is 69.1 Å². The summed E-state index contributed by atoms with van der Waals surface area (Å²) in [6, 6.07) is 16.2. The molecule has 0 unspecified atom stereocenters. The first kappa shape index (κ1) is 43.3. The quantitative estimate of drug-likeness (QED) is 0.0331. The third-order valence-corrected chi connectivity index (χ3v) is 11.4. The van der Waals surface area contributed by atoms with Gasteiger partial charge in [0.25, 0.3) is 0 Å². The minimum absolute atomic E-state index is 0.295. The van der Waals surface area contributed by atoms with Crippen LogP contribution in [-0.4, -0.2) is 25.2 Å². The normalized spacial score (nSPS) is 11.6. The second-order valence-corrected chi connectivity index (χ2v) is 16.0. The lowest BCUT2D eigenvalue weighted by atomic mass is 9.88. The first-order valence-electron chi connectivity index (χ1n) is 22.2. The van der Waals surface area contributed by atoms with Crippen LogP contribution in [0.5, 0.6) is 0 Å². The molecule has 0 spiro atoms. The van der Waals surface area contributed by atoms with Gasteiger partial charge in [-0.2, -0.15) is 0 Å². The zero-order chi connectivity index (χ0) is 38.4. The van der Waals surface area contributed by atoms with Crippen LogP contribution in [0, 0.1) is 13.8 Å². The number of benzene rings is 4. The summed E-state index contributed by atoms with van der Waals surface area (Å²) in [5.41, 5.74) is 3.31. The molecule has 0 heterocycles. The number of hydrogen-bond donors (Lipinski definition) is 0. The van der Waals surface area contributed by atoms with Gasteiger partial charge in [-0.15, -0.1) is 0 Å². The zero-order valence-corrected chi connectivity index (χ0v) is 34.6. The number of hydrogen-bond acceptors (Lipinski definition) is 4. The molecule has 0 atom stereocenters. The van der Waals surface area contributed by atoms with Gasteiger partial charge < -0.3 is 9.47 Å². The summed E-state index contributed by atoms with van der Waals surface area (Å²) in [4.78, 5) is 27.4. The van der Waals surface area contributed by atoms with Crippen LogP contribution >= 0.6 is 0 Å². The molecule has 54 heavy (non-hydrogen) atoms. The second-order valence-electron chi connectivity index (χ2n) is 16.0. The fourth-order valence-electron chi connectivity index (χ4n) is 8.22. The predicted molar refractivity (Wildman–Crippen MR) is 231 cm³/mol. The molecule has 0 aliphatic rings. The third kappa shape index (κ3) is 13.4. The highest BCUT2D eigenvalue weighted by Gasteiger charge is 2.21. The van der Waals surface area contributed by atoms with Crippen molar-refractivity contribution in [2.75, 3.05) is 13.2 Å². The summed E-state index contributed by atoms with van der Waals surface area (Å²) in [6.07, 6.45) is 30.5. The molecule has 0 bridgehead atoms. The first-order chi connectivity index (χ1) is 26.5. The summed E-state index contributed by atoms with van der Waals surface area (Å²) in [6.45, 7) is 9.59. The lowest BCUT2D eigenvalue weighted by Crippen LogP contribution is -2.09. The van der Waals surface area contributed by atoms with Crippen LogP contribution in [0.3, 0.4) is 0 Å². The Morgan fingerprint density at radius 3 is 1.07 bits per heavy atom. The third-order valence-electron chi connectivity index (χ3n) is 11.4. The van der Waals surface area contributed by atoms with Gasteiger partial charge in [0.15, 0.2) is 0 Å². The smallest absolute Gasteiger partial charge is 0.338 e. The van der Waals surface area contributed by atoms with E-state index < -0.39 is 0 Å². The highest BCUT2D eigenvalue weighted by atomic mass is 16.5. The molecule has 0 radical (unpaired) electrons. The molecule has 296 valence electrons. The zero-order valence-electron chi connectivity index (χ0n) is 34.6. The van der Waals surface area contributed by atoms with E-state index in [-0.39, 0.29) is 11.9 Å². The van der Waals surface area contributed by atoms with Crippen molar-refractivity contribution in [2.24, 2.45) is 0 Å². The standard InChI is InChI=1S/C50H72O4/c1-5-7-9-11-13-15-17-19-21-23-25-27-35-53-49(51)44-37-41-38-45(50(52)54-36-28-26-24-22-20-18-16-14-12-10-8-6-2)43-34-30-32-40(4)47(43)48(41)46-39(3)31-29-33-42(44)46/h29-34,37-38H,5-28,35-36H2,1-4H3. The molecule has 0 saturated carbocycles. The van der Waals surface area contributed by atoms with Crippen LogP contribution < -0.4 is 0 Å². The summed E-state index contributed by atoms with van der Waals surface area (Å²) in [5.74, 6) is -0.590. The Bertz CT molecular complexity index is 1600. The van der Waals surface area contributed by atoms with Crippen LogP contribution in [0.4, 0.5) is 0 Å². The van der Waals surface area contributed by atoms with Gasteiger partial charge in [0.05, 0.1) is 24.3 Å². The molecular weight excluding hydrogens is 665 g/mol. The Hall–Kier alpha value is -3.40. The van der Waals surface area contributed by atoms with E-state index in [9.17, 15) is 9.59 Å². The Balaban J connectivity index is 1.36. The van der Waals surface area contributed by atoms with Crippen LogP contribution in [-0.2, 0) is 9.47 Å². The fraction of sp³-hybridized carbons (Fsp3) is 0.600. The maximum absolute atomic E-state index is 13.7. The largest absolute Gasteiger partial charge is 0.462 e. The van der Waals surface area contributed by atoms with Gasteiger partial charge in [-0.1, -0.05) is 192 Å². The summed E-state index contributed by atoms with van der Waals surface area (Å²) in [5, 5.41) is 5.83. The number of esters is 2. The van der Waals surface area contributed by atoms with Gasteiger partial charge in [-0.05, 0) is 82.3 Å². The average Bonchev–Trinajstić information content (AvgIpc) is 3.17. The van der Waals surface area contributed by atoms with E-state index in [0.29, 0.717) is 24.3 Å². The molecule has 4 heteroatoms. The van der Waals surface area contributed by atoms with E-state index in [1.807, 2.05) is 36.4 Å². The molecule has 0 N–H and O–H groups in total. The second kappa shape index (κ2) is 24.9. The van der Waals surface area contributed by atoms with Gasteiger partial charge in [-0.3, -0.25) is 0 Å². The predicted octanol–water partition coefficient (Wildman–Crippen LogP) is 15.5. The lowest BCUT2D eigenvalue weighted by Gasteiger charge is -2.17. The first-order valence-corrected chi connectivity index (χ1v) is 22.2. The molecule has 0 aliphatic heterocycles. The minimum Gasteiger partial charge on any atom is -0.462 e. The Morgan fingerprint density at radius 2 is 0.741 bits per heavy atom. The van der Waals surface area contributed by atoms with E-state index >= 15 is 0 Å². The Kier molecular flexibility index (Phi) is 20.0. The molecule has 4 aromatic carbocycles. The summed E-state index contributed by atoms with van der Waals surface area (Å²) in [7, 11) is 0. The van der Waals surface area contributed by atoms with Crippen LogP contribution in [0.2, 0.25) is 0 Å². The van der Waals surface area contributed by atoms with Crippen molar-refractivity contribution in [2.45, 2.75) is 182 Å². The van der Waals surface area contributed by atoms with Crippen molar-refractivity contribution >= 4 is 44.3 Å². The topological polar surface area (TPSA) is 52.6 Å². The van der Waals surface area contributed by atoms with E-state index in [1.54, 1.807) is 0 Å².